The lowest BCUT2D eigenvalue weighted by Crippen LogP contribution is -2.35. The number of methoxy groups -OCH3 is 1. The van der Waals surface area contributed by atoms with Crippen molar-refractivity contribution in [3.05, 3.63) is 119 Å². The number of nitrogens with zero attached hydrogens (tertiary/aromatic N) is 1. The number of carboxylic acids is 1. The Morgan fingerprint density at radius 3 is 2.09 bits per heavy atom. The largest absolute Gasteiger partial charge is 0.493 e. The van der Waals surface area contributed by atoms with Crippen LogP contribution in [0, 0.1) is 11.6 Å². The molecule has 0 aliphatic rings. The van der Waals surface area contributed by atoms with Crippen LogP contribution in [0.5, 0.6) is 11.5 Å². The van der Waals surface area contributed by atoms with Crippen molar-refractivity contribution in [2.24, 2.45) is 0 Å². The number of nitrogens with one attached hydrogen (secondary N) is 1. The molecule has 0 radical (unpaired) electrons. The summed E-state index contributed by atoms with van der Waals surface area (Å²) in [6.45, 7) is 2.44. The van der Waals surface area contributed by atoms with Crippen LogP contribution in [-0.2, 0) is 17.8 Å². The molecule has 0 atom stereocenters. The van der Waals surface area contributed by atoms with Gasteiger partial charge in [0.15, 0.2) is 11.5 Å². The van der Waals surface area contributed by atoms with Crippen LogP contribution in [0.15, 0.2) is 84.9 Å². The Labute approximate surface area is 260 Å². The number of benzene rings is 4. The van der Waals surface area contributed by atoms with E-state index < -0.39 is 29.4 Å². The van der Waals surface area contributed by atoms with Crippen molar-refractivity contribution in [2.75, 3.05) is 26.8 Å². The van der Waals surface area contributed by atoms with E-state index in [0.717, 1.165) is 23.8 Å². The van der Waals surface area contributed by atoms with Gasteiger partial charge in [-0.3, -0.25) is 14.4 Å². The number of hydrogen-bond acceptors (Lipinski definition) is 5. The first-order valence-corrected chi connectivity index (χ1v) is 14.4. The number of carbonyl (C=O) groups excluding carboxylic acids is 2. The van der Waals surface area contributed by atoms with Gasteiger partial charge in [0.2, 0.25) is 0 Å². The van der Waals surface area contributed by atoms with Crippen molar-refractivity contribution < 1.29 is 37.7 Å². The molecule has 4 aromatic rings. The second kappa shape index (κ2) is 15.5. The summed E-state index contributed by atoms with van der Waals surface area (Å²) < 4.78 is 38.3. The van der Waals surface area contributed by atoms with Crippen LogP contribution in [-0.4, -0.2) is 54.6 Å². The van der Waals surface area contributed by atoms with Gasteiger partial charge in [-0.15, -0.1) is 0 Å². The van der Waals surface area contributed by atoms with E-state index in [0.29, 0.717) is 41.2 Å². The summed E-state index contributed by atoms with van der Waals surface area (Å²) in [6, 6.07) is 22.0. The van der Waals surface area contributed by atoms with Crippen LogP contribution in [0.3, 0.4) is 0 Å². The van der Waals surface area contributed by atoms with Gasteiger partial charge in [-0.1, -0.05) is 42.5 Å². The summed E-state index contributed by atoms with van der Waals surface area (Å²) in [7, 11) is 1.54. The van der Waals surface area contributed by atoms with Crippen LogP contribution in [0.2, 0.25) is 0 Å². The van der Waals surface area contributed by atoms with Crippen molar-refractivity contribution >= 4 is 17.8 Å². The SMILES string of the molecule is CCOc1ccc(CCN(CCC(=O)O)C(=O)c2ccccc2-c2ccccc2C(=O)NCc2cc(F)cc(F)c2)cc1OC. The highest BCUT2D eigenvalue weighted by Gasteiger charge is 2.23. The summed E-state index contributed by atoms with van der Waals surface area (Å²) in [6.07, 6.45) is 0.177. The predicted octanol–water partition coefficient (Wildman–Crippen LogP) is 6.13. The van der Waals surface area contributed by atoms with Gasteiger partial charge in [-0.05, 0) is 72.0 Å². The zero-order valence-electron chi connectivity index (χ0n) is 25.0. The lowest BCUT2D eigenvalue weighted by Gasteiger charge is -2.24. The van der Waals surface area contributed by atoms with Crippen molar-refractivity contribution in [1.29, 1.82) is 0 Å². The number of ether oxygens (including phenoxy) is 2. The topological polar surface area (TPSA) is 105 Å². The van der Waals surface area contributed by atoms with E-state index in [1.165, 1.54) is 4.90 Å². The molecule has 8 nitrogen and oxygen atoms in total. The van der Waals surface area contributed by atoms with Crippen LogP contribution in [0.25, 0.3) is 11.1 Å². The number of carbonyl (C=O) groups is 3. The molecule has 0 heterocycles. The predicted molar refractivity (Wildman–Crippen MR) is 165 cm³/mol. The number of carboxylic acid groups (broad SMARTS) is 1. The molecule has 10 heteroatoms. The lowest BCUT2D eigenvalue weighted by molar-refractivity contribution is -0.137. The van der Waals surface area contributed by atoms with E-state index in [2.05, 4.69) is 5.32 Å². The van der Waals surface area contributed by atoms with Crippen LogP contribution in [0.4, 0.5) is 8.78 Å². The summed E-state index contributed by atoms with van der Waals surface area (Å²) in [5.41, 5.74) is 2.63. The molecule has 0 aromatic heterocycles. The summed E-state index contributed by atoms with van der Waals surface area (Å²) in [5.74, 6) is -2.27. The molecule has 2 amide bonds. The number of aliphatic carboxylic acids is 1. The molecule has 0 saturated carbocycles. The number of rotatable bonds is 14. The second-order valence-corrected chi connectivity index (χ2v) is 10.2. The van der Waals surface area contributed by atoms with E-state index in [1.54, 1.807) is 61.7 Å². The summed E-state index contributed by atoms with van der Waals surface area (Å²) >= 11 is 0. The normalized spacial score (nSPS) is 10.7. The lowest BCUT2D eigenvalue weighted by atomic mass is 9.94. The Morgan fingerprint density at radius 1 is 0.800 bits per heavy atom. The van der Waals surface area contributed by atoms with Crippen LogP contribution < -0.4 is 14.8 Å². The van der Waals surface area contributed by atoms with E-state index in [1.807, 2.05) is 19.1 Å². The third-order valence-electron chi connectivity index (χ3n) is 7.08. The van der Waals surface area contributed by atoms with Gasteiger partial charge in [0, 0.05) is 36.8 Å². The average molecular weight is 617 g/mol. The number of amides is 2. The van der Waals surface area contributed by atoms with Crippen molar-refractivity contribution in [3.63, 3.8) is 0 Å². The molecule has 0 saturated heterocycles. The molecule has 0 aliphatic carbocycles. The van der Waals surface area contributed by atoms with Crippen LogP contribution in [0.1, 0.15) is 45.2 Å². The molecular weight excluding hydrogens is 582 g/mol. The molecule has 0 bridgehead atoms. The average Bonchev–Trinajstić information content (AvgIpc) is 3.03. The van der Waals surface area contributed by atoms with Gasteiger partial charge in [-0.2, -0.15) is 0 Å². The first kappa shape index (κ1) is 32.7. The van der Waals surface area contributed by atoms with Gasteiger partial charge in [0.05, 0.1) is 20.1 Å². The summed E-state index contributed by atoms with van der Waals surface area (Å²) in [4.78, 5) is 40.2. The van der Waals surface area contributed by atoms with Crippen molar-refractivity contribution in [2.45, 2.75) is 26.3 Å². The van der Waals surface area contributed by atoms with Gasteiger partial charge >= 0.3 is 5.97 Å². The molecule has 0 unspecified atom stereocenters. The monoisotopic (exact) mass is 616 g/mol. The van der Waals surface area contributed by atoms with Gasteiger partial charge in [0.1, 0.15) is 11.6 Å². The van der Waals surface area contributed by atoms with E-state index in [9.17, 15) is 28.3 Å². The quantitative estimate of drug-likeness (QED) is 0.177. The van der Waals surface area contributed by atoms with Gasteiger partial charge in [-0.25, -0.2) is 8.78 Å². The highest BCUT2D eigenvalue weighted by molar-refractivity contribution is 6.06. The minimum atomic E-state index is -1.04. The van der Waals surface area contributed by atoms with Crippen LogP contribution >= 0.6 is 0 Å². The third kappa shape index (κ3) is 8.66. The minimum absolute atomic E-state index is 0.0248. The molecular formula is C35H34F2N2O6. The number of hydrogen-bond donors (Lipinski definition) is 2. The fourth-order valence-corrected chi connectivity index (χ4v) is 4.93. The molecule has 4 aromatic carbocycles. The first-order valence-electron chi connectivity index (χ1n) is 14.4. The zero-order valence-corrected chi connectivity index (χ0v) is 25.0. The zero-order chi connectivity index (χ0) is 32.3. The van der Waals surface area contributed by atoms with E-state index >= 15 is 0 Å². The van der Waals surface area contributed by atoms with Crippen molar-refractivity contribution in [1.82, 2.24) is 10.2 Å². The maximum Gasteiger partial charge on any atom is 0.305 e. The Bertz CT molecular complexity index is 1660. The molecule has 0 spiro atoms. The molecule has 4 rings (SSSR count). The van der Waals surface area contributed by atoms with Crippen molar-refractivity contribution in [3.8, 4) is 22.6 Å². The maximum absolute atomic E-state index is 14.0. The second-order valence-electron chi connectivity index (χ2n) is 10.2. The maximum atomic E-state index is 14.0. The fraction of sp³-hybridized carbons (Fsp3) is 0.229. The van der Waals surface area contributed by atoms with E-state index in [4.69, 9.17) is 9.47 Å². The van der Waals surface area contributed by atoms with Gasteiger partial charge in [0.25, 0.3) is 11.8 Å². The first-order chi connectivity index (χ1) is 21.7. The Morgan fingerprint density at radius 2 is 1.44 bits per heavy atom. The Balaban J connectivity index is 1.60. The Hall–Kier alpha value is -5.25. The minimum Gasteiger partial charge on any atom is -0.493 e. The third-order valence-corrected chi connectivity index (χ3v) is 7.08. The molecule has 0 aliphatic heterocycles. The highest BCUT2D eigenvalue weighted by atomic mass is 19.1. The standard InChI is InChI=1S/C35H34F2N2O6/c1-3-45-31-13-12-23(20-32(31)44-2)14-16-39(17-15-33(40)41)35(43)30-11-7-5-9-28(30)27-8-4-6-10-29(27)34(42)38-22-24-18-25(36)21-26(37)19-24/h4-13,18-21H,3,14-17,22H2,1-2H3,(H,38,42)(H,40,41). The Kier molecular flexibility index (Phi) is 11.2. The fourth-order valence-electron chi connectivity index (χ4n) is 4.93. The molecule has 234 valence electrons. The summed E-state index contributed by atoms with van der Waals surface area (Å²) in [5, 5.41) is 12.1. The molecule has 0 fully saturated rings. The van der Waals surface area contributed by atoms with Gasteiger partial charge < -0.3 is 24.8 Å². The molecule has 2 N–H and O–H groups in total. The number of halogens is 2. The smallest absolute Gasteiger partial charge is 0.305 e. The van der Waals surface area contributed by atoms with E-state index in [-0.39, 0.29) is 37.2 Å². The molecule has 45 heavy (non-hydrogen) atoms. The highest BCUT2D eigenvalue weighted by Crippen LogP contribution is 2.30.